The molecule has 0 fully saturated rings. The lowest BCUT2D eigenvalue weighted by Crippen LogP contribution is -2.15. The van der Waals surface area contributed by atoms with Gasteiger partial charge in [0, 0.05) is 10.0 Å². The molecule has 1 aromatic carbocycles. The molecule has 0 saturated carbocycles. The van der Waals surface area contributed by atoms with Gasteiger partial charge in [-0.1, -0.05) is 12.1 Å². The van der Waals surface area contributed by atoms with Crippen molar-refractivity contribution < 1.29 is 12.8 Å². The van der Waals surface area contributed by atoms with Crippen LogP contribution in [0.4, 0.5) is 4.39 Å². The van der Waals surface area contributed by atoms with Gasteiger partial charge in [0.25, 0.3) is 0 Å². The van der Waals surface area contributed by atoms with Crippen molar-refractivity contribution in [1.29, 1.82) is 0 Å². The van der Waals surface area contributed by atoms with Crippen LogP contribution in [0, 0.1) is 0 Å². The van der Waals surface area contributed by atoms with Gasteiger partial charge in [0.15, 0.2) is 0 Å². The van der Waals surface area contributed by atoms with Crippen molar-refractivity contribution in [3.05, 3.63) is 28.2 Å². The van der Waals surface area contributed by atoms with E-state index in [4.69, 9.17) is 5.14 Å². The van der Waals surface area contributed by atoms with Crippen LogP contribution in [0.15, 0.2) is 27.6 Å². The number of rotatable bonds is 2. The summed E-state index contributed by atoms with van der Waals surface area (Å²) in [6.45, 7) is -0.856. The average Bonchev–Trinajstić information content (AvgIpc) is 2.01. The third-order valence-electron chi connectivity index (χ3n) is 1.48. The molecule has 0 aromatic heterocycles. The molecular weight excluding hydrogens is 261 g/mol. The van der Waals surface area contributed by atoms with Gasteiger partial charge in [-0.15, -0.1) is 0 Å². The Kier molecular flexibility index (Phi) is 3.05. The van der Waals surface area contributed by atoms with Crippen LogP contribution in [0.1, 0.15) is 5.56 Å². The van der Waals surface area contributed by atoms with Crippen molar-refractivity contribution in [3.63, 3.8) is 0 Å². The molecule has 1 aromatic rings. The molecule has 0 unspecified atom stereocenters. The Bertz CT molecular complexity index is 419. The van der Waals surface area contributed by atoms with Gasteiger partial charge in [0.05, 0.1) is 0 Å². The molecule has 72 valence electrons. The summed E-state index contributed by atoms with van der Waals surface area (Å²) in [4.78, 5) is -0.183. The number of primary sulfonamides is 1. The molecule has 2 N–H and O–H groups in total. The van der Waals surface area contributed by atoms with E-state index in [1.807, 2.05) is 0 Å². The molecular formula is C7H7BrFNO2S. The van der Waals surface area contributed by atoms with E-state index in [1.54, 1.807) is 6.07 Å². The standard InChI is InChI=1S/C7H7BrFNO2S/c8-6-3-1-2-5(4-9)7(6)13(10,11)12/h1-3H,4H2,(H2,10,11,12). The minimum absolute atomic E-state index is 0.0666. The summed E-state index contributed by atoms with van der Waals surface area (Å²) < 4.78 is 34.7. The van der Waals surface area contributed by atoms with Crippen molar-refractivity contribution in [3.8, 4) is 0 Å². The zero-order valence-electron chi connectivity index (χ0n) is 6.50. The Morgan fingerprint density at radius 3 is 2.46 bits per heavy atom. The van der Waals surface area contributed by atoms with Gasteiger partial charge in [-0.2, -0.15) is 0 Å². The van der Waals surface area contributed by atoms with Crippen LogP contribution in [0.25, 0.3) is 0 Å². The quantitative estimate of drug-likeness (QED) is 0.884. The Morgan fingerprint density at radius 2 is 2.08 bits per heavy atom. The highest BCUT2D eigenvalue weighted by atomic mass is 79.9. The summed E-state index contributed by atoms with van der Waals surface area (Å²) in [5.41, 5.74) is 0.0666. The van der Waals surface area contributed by atoms with E-state index in [2.05, 4.69) is 15.9 Å². The van der Waals surface area contributed by atoms with Crippen molar-refractivity contribution in [2.75, 3.05) is 0 Å². The largest absolute Gasteiger partial charge is 0.246 e. The predicted octanol–water partition coefficient (Wildman–Crippen LogP) is 1.57. The summed E-state index contributed by atoms with van der Waals surface area (Å²) in [7, 11) is -3.86. The maximum atomic E-state index is 12.4. The molecule has 0 atom stereocenters. The molecule has 3 nitrogen and oxygen atoms in total. The number of hydrogen-bond acceptors (Lipinski definition) is 2. The molecule has 0 aliphatic carbocycles. The SMILES string of the molecule is NS(=O)(=O)c1c(Br)cccc1CF. The highest BCUT2D eigenvalue weighted by Crippen LogP contribution is 2.24. The lowest BCUT2D eigenvalue weighted by atomic mass is 10.2. The van der Waals surface area contributed by atoms with Crippen molar-refractivity contribution in [1.82, 2.24) is 0 Å². The molecule has 0 spiro atoms. The highest BCUT2D eigenvalue weighted by Gasteiger charge is 2.16. The fourth-order valence-electron chi connectivity index (χ4n) is 0.977. The third-order valence-corrected chi connectivity index (χ3v) is 3.45. The molecule has 0 amide bonds. The number of hydrogen-bond donors (Lipinski definition) is 1. The van der Waals surface area contributed by atoms with Crippen molar-refractivity contribution in [2.24, 2.45) is 5.14 Å². The number of benzene rings is 1. The van der Waals surface area contributed by atoms with Gasteiger partial charge in [-0.05, 0) is 22.0 Å². The number of alkyl halides is 1. The molecule has 13 heavy (non-hydrogen) atoms. The van der Waals surface area contributed by atoms with Gasteiger partial charge in [0.1, 0.15) is 11.6 Å². The smallest absolute Gasteiger partial charge is 0.239 e. The van der Waals surface area contributed by atoms with Crippen molar-refractivity contribution in [2.45, 2.75) is 11.6 Å². The number of nitrogens with two attached hydrogens (primary N) is 1. The minimum Gasteiger partial charge on any atom is -0.246 e. The molecule has 6 heteroatoms. The molecule has 1 rings (SSSR count). The molecule has 0 saturated heterocycles. The Labute approximate surface area is 83.9 Å². The molecule has 0 radical (unpaired) electrons. The topological polar surface area (TPSA) is 60.2 Å². The molecule has 0 bridgehead atoms. The maximum absolute atomic E-state index is 12.4. The second-order valence-electron chi connectivity index (χ2n) is 2.41. The first kappa shape index (κ1) is 10.6. The van der Waals surface area contributed by atoms with Gasteiger partial charge in [-0.3, -0.25) is 0 Å². The summed E-state index contributed by atoms with van der Waals surface area (Å²) >= 11 is 3.00. The van der Waals surface area contributed by atoms with E-state index < -0.39 is 16.7 Å². The minimum atomic E-state index is -3.86. The molecule has 0 aliphatic heterocycles. The van der Waals surface area contributed by atoms with E-state index in [0.717, 1.165) is 0 Å². The lowest BCUT2D eigenvalue weighted by Gasteiger charge is -2.05. The van der Waals surface area contributed by atoms with Crippen LogP contribution < -0.4 is 5.14 Å². The predicted molar refractivity (Wildman–Crippen MR) is 50.3 cm³/mol. The Morgan fingerprint density at radius 1 is 1.46 bits per heavy atom. The summed E-state index contributed by atoms with van der Waals surface area (Å²) in [6.07, 6.45) is 0. The van der Waals surface area contributed by atoms with Crippen LogP contribution >= 0.6 is 15.9 Å². The fraction of sp³-hybridized carbons (Fsp3) is 0.143. The summed E-state index contributed by atoms with van der Waals surface area (Å²) in [6, 6.07) is 4.43. The van der Waals surface area contributed by atoms with Crippen LogP contribution in [0.3, 0.4) is 0 Å². The van der Waals surface area contributed by atoms with E-state index in [0.29, 0.717) is 0 Å². The van der Waals surface area contributed by atoms with Crippen molar-refractivity contribution >= 4 is 26.0 Å². The lowest BCUT2D eigenvalue weighted by molar-refractivity contribution is 0.477. The zero-order valence-corrected chi connectivity index (χ0v) is 8.90. The van der Waals surface area contributed by atoms with E-state index >= 15 is 0 Å². The van der Waals surface area contributed by atoms with Crippen LogP contribution in [0.2, 0.25) is 0 Å². The van der Waals surface area contributed by atoms with E-state index in [9.17, 15) is 12.8 Å². The average molecular weight is 268 g/mol. The second kappa shape index (κ2) is 3.73. The van der Waals surface area contributed by atoms with Crippen LogP contribution in [0.5, 0.6) is 0 Å². The normalized spacial score (nSPS) is 11.6. The maximum Gasteiger partial charge on any atom is 0.239 e. The first-order valence-corrected chi connectivity index (χ1v) is 5.67. The summed E-state index contributed by atoms with van der Waals surface area (Å²) in [5.74, 6) is 0. The van der Waals surface area contributed by atoms with E-state index in [1.165, 1.54) is 12.1 Å². The summed E-state index contributed by atoms with van der Waals surface area (Å²) in [5, 5.41) is 4.91. The number of sulfonamides is 1. The Balaban J connectivity index is 3.50. The van der Waals surface area contributed by atoms with Gasteiger partial charge in [0.2, 0.25) is 10.0 Å². The number of halogens is 2. The van der Waals surface area contributed by atoms with E-state index in [-0.39, 0.29) is 14.9 Å². The second-order valence-corrected chi connectivity index (χ2v) is 4.76. The van der Waals surface area contributed by atoms with Gasteiger partial charge >= 0.3 is 0 Å². The Hall–Kier alpha value is -0.460. The van der Waals surface area contributed by atoms with Gasteiger partial charge in [-0.25, -0.2) is 17.9 Å². The monoisotopic (exact) mass is 267 g/mol. The third kappa shape index (κ3) is 2.26. The molecule has 0 aliphatic rings. The zero-order chi connectivity index (χ0) is 10.1. The fourth-order valence-corrected chi connectivity index (χ4v) is 2.89. The first-order chi connectivity index (χ1) is 5.96. The van der Waals surface area contributed by atoms with Crippen LogP contribution in [-0.4, -0.2) is 8.42 Å². The first-order valence-electron chi connectivity index (χ1n) is 3.33. The van der Waals surface area contributed by atoms with Gasteiger partial charge < -0.3 is 0 Å². The molecule has 0 heterocycles. The van der Waals surface area contributed by atoms with Crippen LogP contribution in [-0.2, 0) is 16.7 Å². The highest BCUT2D eigenvalue weighted by molar-refractivity contribution is 9.10.